The Bertz CT molecular complexity index is 189. The maximum Gasteiger partial charge on any atom is 0.0775 e. The van der Waals surface area contributed by atoms with Gasteiger partial charge >= 0.3 is 0 Å². The third-order valence-corrected chi connectivity index (χ3v) is 3.52. The van der Waals surface area contributed by atoms with E-state index in [1.807, 2.05) is 7.11 Å². The normalized spacial score (nSPS) is 16.2. The Morgan fingerprint density at radius 1 is 1.12 bits per heavy atom. The lowest BCUT2D eigenvalue weighted by Gasteiger charge is -2.36. The van der Waals surface area contributed by atoms with Crippen LogP contribution in [0.1, 0.15) is 60.8 Å². The van der Waals surface area contributed by atoms with Crippen molar-refractivity contribution < 1.29 is 4.74 Å². The van der Waals surface area contributed by atoms with Crippen molar-refractivity contribution >= 4 is 0 Å². The van der Waals surface area contributed by atoms with Crippen molar-refractivity contribution in [1.29, 1.82) is 0 Å². The summed E-state index contributed by atoms with van der Waals surface area (Å²) in [4.78, 5) is 0. The molecule has 0 aliphatic rings. The van der Waals surface area contributed by atoms with Crippen molar-refractivity contribution in [3.8, 4) is 0 Å². The largest absolute Gasteiger partial charge is 0.377 e. The third kappa shape index (κ3) is 7.05. The maximum absolute atomic E-state index is 5.64. The molecule has 0 fully saturated rings. The highest BCUT2D eigenvalue weighted by Crippen LogP contribution is 2.24. The molecule has 17 heavy (non-hydrogen) atoms. The molecule has 0 bridgehead atoms. The van der Waals surface area contributed by atoms with E-state index in [1.54, 1.807) is 0 Å². The molecule has 0 saturated heterocycles. The first kappa shape index (κ1) is 16.9. The average Bonchev–Trinajstić information content (AvgIpc) is 2.22. The van der Waals surface area contributed by atoms with Gasteiger partial charge in [0.05, 0.1) is 5.60 Å². The molecular formula is C15H33NO. The molecule has 0 heterocycles. The van der Waals surface area contributed by atoms with Gasteiger partial charge < -0.3 is 10.1 Å². The van der Waals surface area contributed by atoms with Gasteiger partial charge in [-0.15, -0.1) is 0 Å². The molecule has 2 heteroatoms. The van der Waals surface area contributed by atoms with Crippen LogP contribution >= 0.6 is 0 Å². The third-order valence-electron chi connectivity index (χ3n) is 3.52. The number of methoxy groups -OCH3 is 1. The lowest BCUT2D eigenvalue weighted by molar-refractivity contribution is -0.0169. The van der Waals surface area contributed by atoms with Crippen molar-refractivity contribution in [2.24, 2.45) is 11.8 Å². The summed E-state index contributed by atoms with van der Waals surface area (Å²) in [7, 11) is 1.81. The Kier molecular flexibility index (Phi) is 8.06. The molecule has 2 atom stereocenters. The van der Waals surface area contributed by atoms with E-state index < -0.39 is 0 Å². The second-order valence-electron chi connectivity index (χ2n) is 6.28. The smallest absolute Gasteiger partial charge is 0.0775 e. The summed E-state index contributed by atoms with van der Waals surface area (Å²) < 4.78 is 5.64. The van der Waals surface area contributed by atoms with Gasteiger partial charge in [0.1, 0.15) is 0 Å². The minimum atomic E-state index is -0.0829. The molecule has 1 N–H and O–H groups in total. The van der Waals surface area contributed by atoms with Gasteiger partial charge in [-0.05, 0) is 51.5 Å². The topological polar surface area (TPSA) is 21.3 Å². The molecule has 0 aromatic rings. The molecular weight excluding hydrogens is 210 g/mol. The Balaban J connectivity index is 4.37. The minimum Gasteiger partial charge on any atom is -0.377 e. The highest BCUT2D eigenvalue weighted by Gasteiger charge is 2.29. The number of rotatable bonds is 9. The van der Waals surface area contributed by atoms with Gasteiger partial charge in [0.25, 0.3) is 0 Å². The molecule has 0 radical (unpaired) electrons. The molecule has 0 saturated carbocycles. The molecule has 2 nitrogen and oxygen atoms in total. The van der Waals surface area contributed by atoms with E-state index in [0.29, 0.717) is 6.04 Å². The highest BCUT2D eigenvalue weighted by molar-refractivity contribution is 4.86. The van der Waals surface area contributed by atoms with Crippen molar-refractivity contribution in [3.05, 3.63) is 0 Å². The summed E-state index contributed by atoms with van der Waals surface area (Å²) in [6, 6.07) is 0.446. The van der Waals surface area contributed by atoms with Crippen molar-refractivity contribution in [1.82, 2.24) is 5.32 Å². The zero-order valence-electron chi connectivity index (χ0n) is 13.0. The molecule has 104 valence electrons. The van der Waals surface area contributed by atoms with Crippen LogP contribution in [0, 0.1) is 11.8 Å². The SMILES string of the molecule is CCCNC(CC(C)CC(C)C)C(C)(C)OC. The molecule has 0 aromatic heterocycles. The first-order valence-electron chi connectivity index (χ1n) is 7.12. The van der Waals surface area contributed by atoms with Crippen molar-refractivity contribution in [2.75, 3.05) is 13.7 Å². The Labute approximate surface area is 109 Å². The van der Waals surface area contributed by atoms with E-state index in [-0.39, 0.29) is 5.60 Å². The predicted octanol–water partition coefficient (Wildman–Crippen LogP) is 3.85. The molecule has 0 rings (SSSR count). The fourth-order valence-electron chi connectivity index (χ4n) is 2.38. The summed E-state index contributed by atoms with van der Waals surface area (Å²) in [5, 5.41) is 3.64. The maximum atomic E-state index is 5.64. The Morgan fingerprint density at radius 2 is 1.71 bits per heavy atom. The van der Waals surface area contributed by atoms with Crippen LogP contribution in [0.3, 0.4) is 0 Å². The first-order valence-corrected chi connectivity index (χ1v) is 7.12. The van der Waals surface area contributed by atoms with Gasteiger partial charge in [-0.25, -0.2) is 0 Å². The summed E-state index contributed by atoms with van der Waals surface area (Å²) in [5.74, 6) is 1.53. The lowest BCUT2D eigenvalue weighted by atomic mass is 9.86. The minimum absolute atomic E-state index is 0.0829. The van der Waals surface area contributed by atoms with Crippen molar-refractivity contribution in [3.63, 3.8) is 0 Å². The van der Waals surface area contributed by atoms with Crippen LogP contribution in [0.2, 0.25) is 0 Å². The summed E-state index contributed by atoms with van der Waals surface area (Å²) in [5.41, 5.74) is -0.0829. The Morgan fingerprint density at radius 3 is 2.12 bits per heavy atom. The molecule has 0 aromatic carbocycles. The van der Waals surface area contributed by atoms with Gasteiger partial charge in [0.2, 0.25) is 0 Å². The number of ether oxygens (including phenoxy) is 1. The number of nitrogens with one attached hydrogen (secondary N) is 1. The summed E-state index contributed by atoms with van der Waals surface area (Å²) >= 11 is 0. The van der Waals surface area contributed by atoms with Crippen LogP contribution in [-0.4, -0.2) is 25.3 Å². The van der Waals surface area contributed by atoms with Crippen LogP contribution < -0.4 is 5.32 Å². The van der Waals surface area contributed by atoms with Crippen LogP contribution in [0.4, 0.5) is 0 Å². The first-order chi connectivity index (χ1) is 7.83. The van der Waals surface area contributed by atoms with Gasteiger partial charge in [-0.3, -0.25) is 0 Å². The molecule has 0 amide bonds. The van der Waals surface area contributed by atoms with Gasteiger partial charge in [0.15, 0.2) is 0 Å². The summed E-state index contributed by atoms with van der Waals surface area (Å²) in [6.07, 6.45) is 3.66. The second kappa shape index (κ2) is 8.10. The second-order valence-corrected chi connectivity index (χ2v) is 6.28. The van der Waals surface area contributed by atoms with E-state index in [2.05, 4.69) is 46.9 Å². The predicted molar refractivity (Wildman–Crippen MR) is 76.4 cm³/mol. The standard InChI is InChI=1S/C15H33NO/c1-8-9-16-14(15(5,6)17-7)11-13(4)10-12(2)3/h12-14,16H,8-11H2,1-7H3. The van der Waals surface area contributed by atoms with Crippen LogP contribution in [-0.2, 0) is 4.74 Å². The van der Waals surface area contributed by atoms with Gasteiger partial charge in [-0.2, -0.15) is 0 Å². The van der Waals surface area contributed by atoms with Gasteiger partial charge in [-0.1, -0.05) is 27.7 Å². The van der Waals surface area contributed by atoms with E-state index in [1.165, 1.54) is 19.3 Å². The highest BCUT2D eigenvalue weighted by atomic mass is 16.5. The van der Waals surface area contributed by atoms with E-state index in [4.69, 9.17) is 4.74 Å². The molecule has 2 unspecified atom stereocenters. The quantitative estimate of drug-likeness (QED) is 0.664. The van der Waals surface area contributed by atoms with Crippen LogP contribution in [0.15, 0.2) is 0 Å². The monoisotopic (exact) mass is 243 g/mol. The van der Waals surface area contributed by atoms with Crippen molar-refractivity contribution in [2.45, 2.75) is 72.4 Å². The average molecular weight is 243 g/mol. The lowest BCUT2D eigenvalue weighted by Crippen LogP contribution is -2.49. The van der Waals surface area contributed by atoms with Crippen LogP contribution in [0.25, 0.3) is 0 Å². The van der Waals surface area contributed by atoms with Gasteiger partial charge in [0, 0.05) is 13.2 Å². The zero-order valence-corrected chi connectivity index (χ0v) is 13.0. The van der Waals surface area contributed by atoms with E-state index in [0.717, 1.165) is 18.4 Å². The number of hydrogen-bond acceptors (Lipinski definition) is 2. The fourth-order valence-corrected chi connectivity index (χ4v) is 2.38. The van der Waals surface area contributed by atoms with Crippen LogP contribution in [0.5, 0.6) is 0 Å². The van der Waals surface area contributed by atoms with E-state index in [9.17, 15) is 0 Å². The Hall–Kier alpha value is -0.0800. The molecule has 0 aliphatic heterocycles. The zero-order chi connectivity index (χ0) is 13.5. The summed E-state index contributed by atoms with van der Waals surface area (Å²) in [6.45, 7) is 14.6. The van der Waals surface area contributed by atoms with E-state index >= 15 is 0 Å². The molecule has 0 spiro atoms. The number of hydrogen-bond donors (Lipinski definition) is 1. The molecule has 0 aliphatic carbocycles. The fraction of sp³-hybridized carbons (Fsp3) is 1.00.